The summed E-state index contributed by atoms with van der Waals surface area (Å²) < 4.78 is 0. The maximum atomic E-state index is 11.8. The molecular weight excluding hydrogens is 277 g/mol. The zero-order valence-corrected chi connectivity index (χ0v) is 10.6. The fourth-order valence-corrected chi connectivity index (χ4v) is 1.49. The molecule has 1 atom stereocenters. The molecule has 0 radical (unpaired) electrons. The van der Waals surface area contributed by atoms with Crippen LogP contribution in [0.25, 0.3) is 0 Å². The molecule has 6 heteroatoms. The number of nitrogens with one attached hydrogen (secondary N) is 1. The average molecular weight is 286 g/mol. The number of halogens is 2. The number of terminal acetylenes is 1. The third-order valence-corrected chi connectivity index (χ3v) is 2.85. The van der Waals surface area contributed by atoms with E-state index < -0.39 is 17.9 Å². The Labute approximate surface area is 114 Å². The van der Waals surface area contributed by atoms with Crippen LogP contribution in [0.3, 0.4) is 0 Å². The van der Waals surface area contributed by atoms with Crippen LogP contribution in [-0.2, 0) is 4.79 Å². The van der Waals surface area contributed by atoms with E-state index in [0.717, 1.165) is 0 Å². The first-order chi connectivity index (χ1) is 8.45. The summed E-state index contributed by atoms with van der Waals surface area (Å²) in [6, 6.07) is 3.12. The minimum atomic E-state index is -1.19. The molecule has 1 aromatic rings. The van der Waals surface area contributed by atoms with E-state index >= 15 is 0 Å². The second kappa shape index (κ2) is 6.29. The van der Waals surface area contributed by atoms with Crippen LogP contribution in [0.1, 0.15) is 16.8 Å². The molecule has 0 aliphatic rings. The molecule has 1 amide bonds. The Hall–Kier alpha value is -1.70. The zero-order chi connectivity index (χ0) is 13.7. The van der Waals surface area contributed by atoms with Crippen molar-refractivity contribution >= 4 is 35.1 Å². The lowest BCUT2D eigenvalue weighted by Crippen LogP contribution is -2.40. The summed E-state index contributed by atoms with van der Waals surface area (Å²) >= 11 is 11.5. The van der Waals surface area contributed by atoms with Gasteiger partial charge in [0.25, 0.3) is 5.91 Å². The molecule has 0 saturated heterocycles. The van der Waals surface area contributed by atoms with Gasteiger partial charge in [0.2, 0.25) is 0 Å². The highest BCUT2D eigenvalue weighted by molar-refractivity contribution is 6.42. The third-order valence-electron chi connectivity index (χ3n) is 2.11. The molecule has 18 heavy (non-hydrogen) atoms. The summed E-state index contributed by atoms with van der Waals surface area (Å²) in [6.07, 6.45) is 4.93. The average Bonchev–Trinajstić information content (AvgIpc) is 2.31. The van der Waals surface area contributed by atoms with E-state index in [1.165, 1.54) is 18.2 Å². The maximum Gasteiger partial charge on any atom is 0.327 e. The van der Waals surface area contributed by atoms with Crippen LogP contribution in [0.5, 0.6) is 0 Å². The molecule has 2 N–H and O–H groups in total. The highest BCUT2D eigenvalue weighted by Crippen LogP contribution is 2.22. The van der Waals surface area contributed by atoms with Gasteiger partial charge in [-0.25, -0.2) is 4.79 Å². The first-order valence-electron chi connectivity index (χ1n) is 4.88. The minimum Gasteiger partial charge on any atom is -0.480 e. The Kier molecular flexibility index (Phi) is 5.02. The van der Waals surface area contributed by atoms with E-state index in [9.17, 15) is 9.59 Å². The normalized spacial score (nSPS) is 11.4. The van der Waals surface area contributed by atoms with Crippen LogP contribution in [0.15, 0.2) is 18.2 Å². The van der Waals surface area contributed by atoms with Crippen molar-refractivity contribution in [3.05, 3.63) is 33.8 Å². The van der Waals surface area contributed by atoms with Crippen molar-refractivity contribution < 1.29 is 14.7 Å². The number of amides is 1. The highest BCUT2D eigenvalue weighted by atomic mass is 35.5. The Balaban J connectivity index is 2.84. The van der Waals surface area contributed by atoms with Gasteiger partial charge in [-0.15, -0.1) is 12.3 Å². The van der Waals surface area contributed by atoms with Gasteiger partial charge in [-0.2, -0.15) is 0 Å². The second-order valence-corrected chi connectivity index (χ2v) is 4.22. The van der Waals surface area contributed by atoms with Crippen molar-refractivity contribution in [2.24, 2.45) is 0 Å². The maximum absolute atomic E-state index is 11.8. The smallest absolute Gasteiger partial charge is 0.327 e. The van der Waals surface area contributed by atoms with Crippen LogP contribution in [0, 0.1) is 12.3 Å². The van der Waals surface area contributed by atoms with Gasteiger partial charge >= 0.3 is 5.97 Å². The molecule has 0 aliphatic heterocycles. The van der Waals surface area contributed by atoms with E-state index in [-0.39, 0.29) is 17.0 Å². The molecule has 0 saturated carbocycles. The van der Waals surface area contributed by atoms with E-state index in [1.807, 2.05) is 0 Å². The number of aliphatic carboxylic acids is 1. The van der Waals surface area contributed by atoms with Gasteiger partial charge in [0.15, 0.2) is 0 Å². The first-order valence-corrected chi connectivity index (χ1v) is 5.63. The largest absolute Gasteiger partial charge is 0.480 e. The summed E-state index contributed by atoms with van der Waals surface area (Å²) in [4.78, 5) is 22.6. The zero-order valence-electron chi connectivity index (χ0n) is 9.11. The fraction of sp³-hybridized carbons (Fsp3) is 0.167. The summed E-state index contributed by atoms with van der Waals surface area (Å²) in [5, 5.41) is 11.7. The quantitative estimate of drug-likeness (QED) is 0.834. The summed E-state index contributed by atoms with van der Waals surface area (Å²) in [5.74, 6) is 0.418. The molecule has 0 bridgehead atoms. The number of carboxylic acid groups (broad SMARTS) is 1. The van der Waals surface area contributed by atoms with Crippen LogP contribution in [0.2, 0.25) is 10.0 Å². The van der Waals surface area contributed by atoms with Gasteiger partial charge < -0.3 is 10.4 Å². The molecule has 0 aliphatic carbocycles. The van der Waals surface area contributed by atoms with Crippen molar-refractivity contribution in [1.29, 1.82) is 0 Å². The number of rotatable bonds is 4. The van der Waals surface area contributed by atoms with Gasteiger partial charge in [-0.05, 0) is 18.2 Å². The lowest BCUT2D eigenvalue weighted by Gasteiger charge is -2.12. The molecule has 1 aromatic carbocycles. The molecule has 0 aromatic heterocycles. The molecule has 0 heterocycles. The second-order valence-electron chi connectivity index (χ2n) is 3.40. The Morgan fingerprint density at radius 3 is 2.56 bits per heavy atom. The summed E-state index contributed by atoms with van der Waals surface area (Å²) in [7, 11) is 0. The third kappa shape index (κ3) is 3.66. The number of carbonyl (C=O) groups excluding carboxylic acids is 1. The van der Waals surface area contributed by atoms with Gasteiger partial charge in [0.05, 0.1) is 10.0 Å². The van der Waals surface area contributed by atoms with Crippen LogP contribution < -0.4 is 5.32 Å². The van der Waals surface area contributed by atoms with Gasteiger partial charge in [0, 0.05) is 12.0 Å². The Morgan fingerprint density at radius 1 is 1.39 bits per heavy atom. The minimum absolute atomic E-state index is 0.0948. The molecule has 94 valence electrons. The molecule has 0 fully saturated rings. The number of carbonyl (C=O) groups is 2. The fourth-order valence-electron chi connectivity index (χ4n) is 1.20. The predicted octanol–water partition coefficient (Wildman–Crippen LogP) is 2.20. The van der Waals surface area contributed by atoms with Gasteiger partial charge in [-0.1, -0.05) is 23.2 Å². The monoisotopic (exact) mass is 285 g/mol. The number of hydrogen-bond donors (Lipinski definition) is 2. The molecule has 0 spiro atoms. The Bertz CT molecular complexity index is 523. The number of benzene rings is 1. The van der Waals surface area contributed by atoms with Crippen molar-refractivity contribution in [2.75, 3.05) is 0 Å². The summed E-state index contributed by atoms with van der Waals surface area (Å²) in [5.41, 5.74) is 0.215. The summed E-state index contributed by atoms with van der Waals surface area (Å²) in [6.45, 7) is 0. The van der Waals surface area contributed by atoms with Crippen LogP contribution >= 0.6 is 23.2 Å². The van der Waals surface area contributed by atoms with E-state index in [0.29, 0.717) is 5.02 Å². The van der Waals surface area contributed by atoms with Gasteiger partial charge in [0.1, 0.15) is 6.04 Å². The van der Waals surface area contributed by atoms with E-state index in [1.54, 1.807) is 0 Å². The lowest BCUT2D eigenvalue weighted by atomic mass is 10.1. The standard InChI is InChI=1S/C12H9Cl2NO3/c1-2-3-10(12(17)18)15-11(16)7-4-5-8(13)9(14)6-7/h1,4-6,10H,3H2,(H,15,16)(H,17,18). The SMILES string of the molecule is C#CCC(NC(=O)c1ccc(Cl)c(Cl)c1)C(=O)O. The van der Waals surface area contributed by atoms with Crippen LogP contribution in [0.4, 0.5) is 0 Å². The van der Waals surface area contributed by atoms with Crippen LogP contribution in [-0.4, -0.2) is 23.0 Å². The molecule has 4 nitrogen and oxygen atoms in total. The number of hydrogen-bond acceptors (Lipinski definition) is 2. The lowest BCUT2D eigenvalue weighted by molar-refractivity contribution is -0.139. The van der Waals surface area contributed by atoms with E-state index in [2.05, 4.69) is 11.2 Å². The van der Waals surface area contributed by atoms with Crippen molar-refractivity contribution in [1.82, 2.24) is 5.32 Å². The number of carboxylic acids is 1. The topological polar surface area (TPSA) is 66.4 Å². The first kappa shape index (κ1) is 14.4. The van der Waals surface area contributed by atoms with Crippen molar-refractivity contribution in [3.8, 4) is 12.3 Å². The molecule has 1 unspecified atom stereocenters. The van der Waals surface area contributed by atoms with Gasteiger partial charge in [-0.3, -0.25) is 4.79 Å². The molecule has 1 rings (SSSR count). The Morgan fingerprint density at radius 2 is 2.06 bits per heavy atom. The van der Waals surface area contributed by atoms with E-state index in [4.69, 9.17) is 34.7 Å². The predicted molar refractivity (Wildman–Crippen MR) is 68.8 cm³/mol. The van der Waals surface area contributed by atoms with Crippen molar-refractivity contribution in [3.63, 3.8) is 0 Å². The highest BCUT2D eigenvalue weighted by Gasteiger charge is 2.19. The van der Waals surface area contributed by atoms with Crippen molar-refractivity contribution in [2.45, 2.75) is 12.5 Å². The molecular formula is C12H9Cl2NO3.